The molecule has 1 aromatic carbocycles. The third-order valence-corrected chi connectivity index (χ3v) is 4.45. The molecule has 0 amide bonds. The van der Waals surface area contributed by atoms with E-state index in [1.165, 1.54) is 17.7 Å². The van der Waals surface area contributed by atoms with Gasteiger partial charge in [0.1, 0.15) is 11.5 Å². The van der Waals surface area contributed by atoms with Crippen LogP contribution in [0.1, 0.15) is 18.9 Å². The van der Waals surface area contributed by atoms with Crippen LogP contribution in [-0.2, 0) is 4.75 Å². The minimum atomic E-state index is 0.234. The van der Waals surface area contributed by atoms with Gasteiger partial charge in [0.05, 0.1) is 14.2 Å². The van der Waals surface area contributed by atoms with Crippen molar-refractivity contribution in [3.05, 3.63) is 23.8 Å². The summed E-state index contributed by atoms with van der Waals surface area (Å²) in [4.78, 5) is 0. The number of ether oxygens (including phenoxy) is 2. The van der Waals surface area contributed by atoms with Crippen LogP contribution in [0.4, 0.5) is 0 Å². The highest BCUT2D eigenvalue weighted by Gasteiger charge is 2.36. The lowest BCUT2D eigenvalue weighted by Crippen LogP contribution is -2.28. The molecule has 2 nitrogen and oxygen atoms in total. The maximum atomic E-state index is 5.42. The summed E-state index contributed by atoms with van der Waals surface area (Å²) < 4.78 is 10.8. The Kier molecular flexibility index (Phi) is 2.83. The van der Waals surface area contributed by atoms with Gasteiger partial charge in [-0.25, -0.2) is 0 Å². The highest BCUT2D eigenvalue weighted by Crippen LogP contribution is 2.51. The van der Waals surface area contributed by atoms with Crippen molar-refractivity contribution in [2.75, 3.05) is 20.0 Å². The third-order valence-electron chi connectivity index (χ3n) is 2.98. The van der Waals surface area contributed by atoms with E-state index in [2.05, 4.69) is 13.0 Å². The molecule has 0 bridgehead atoms. The number of hydrogen-bond acceptors (Lipinski definition) is 3. The van der Waals surface area contributed by atoms with Crippen molar-refractivity contribution in [2.24, 2.45) is 0 Å². The summed E-state index contributed by atoms with van der Waals surface area (Å²) in [5.74, 6) is 3.03. The summed E-state index contributed by atoms with van der Waals surface area (Å²) in [7, 11) is 3.39. The first kappa shape index (κ1) is 10.7. The molecule has 0 spiro atoms. The van der Waals surface area contributed by atoms with E-state index in [9.17, 15) is 0 Å². The normalized spacial score (nSPS) is 24.5. The Bertz CT molecular complexity index is 359. The fraction of sp³-hybridized carbons (Fsp3) is 0.500. The molecule has 1 fully saturated rings. The third kappa shape index (κ3) is 1.81. The Labute approximate surface area is 95.0 Å². The van der Waals surface area contributed by atoms with Crippen molar-refractivity contribution in [3.8, 4) is 11.5 Å². The number of methoxy groups -OCH3 is 2. The van der Waals surface area contributed by atoms with Crippen LogP contribution in [0, 0.1) is 0 Å². The Morgan fingerprint density at radius 1 is 1.27 bits per heavy atom. The Hall–Kier alpha value is -0.830. The molecule has 3 heteroatoms. The van der Waals surface area contributed by atoms with Crippen LogP contribution in [0.2, 0.25) is 0 Å². The number of rotatable bonds is 3. The van der Waals surface area contributed by atoms with Crippen molar-refractivity contribution >= 4 is 11.8 Å². The van der Waals surface area contributed by atoms with Gasteiger partial charge < -0.3 is 9.47 Å². The van der Waals surface area contributed by atoms with Gasteiger partial charge in [0.15, 0.2) is 0 Å². The van der Waals surface area contributed by atoms with E-state index in [1.54, 1.807) is 14.2 Å². The monoisotopic (exact) mass is 224 g/mol. The van der Waals surface area contributed by atoms with Crippen molar-refractivity contribution in [2.45, 2.75) is 18.1 Å². The maximum absolute atomic E-state index is 5.42. The van der Waals surface area contributed by atoms with E-state index in [0.717, 1.165) is 11.5 Å². The predicted molar refractivity (Wildman–Crippen MR) is 64.0 cm³/mol. The lowest BCUT2D eigenvalue weighted by Gasteiger charge is -2.38. The Morgan fingerprint density at radius 2 is 2.00 bits per heavy atom. The van der Waals surface area contributed by atoms with Gasteiger partial charge in [-0.05, 0) is 25.2 Å². The van der Waals surface area contributed by atoms with E-state index in [-0.39, 0.29) is 4.75 Å². The molecule has 1 aromatic rings. The van der Waals surface area contributed by atoms with Gasteiger partial charge in [0, 0.05) is 16.4 Å². The standard InChI is InChI=1S/C12H16O2S/c1-12(6-7-15-12)10-5-4-9(13-2)8-11(10)14-3/h4-5,8H,6-7H2,1-3H3. The second-order valence-corrected chi connectivity index (χ2v) is 5.49. The molecule has 1 aliphatic rings. The molecule has 1 heterocycles. The first-order valence-electron chi connectivity index (χ1n) is 5.06. The molecule has 0 saturated carbocycles. The summed E-state index contributed by atoms with van der Waals surface area (Å²) in [6, 6.07) is 6.07. The van der Waals surface area contributed by atoms with Crippen LogP contribution < -0.4 is 9.47 Å². The number of benzene rings is 1. The van der Waals surface area contributed by atoms with Gasteiger partial charge in [0.25, 0.3) is 0 Å². The zero-order valence-electron chi connectivity index (χ0n) is 9.37. The molecule has 1 saturated heterocycles. The van der Waals surface area contributed by atoms with E-state index in [4.69, 9.17) is 9.47 Å². The first-order chi connectivity index (χ1) is 7.19. The lowest BCUT2D eigenvalue weighted by atomic mass is 9.95. The molecule has 1 atom stereocenters. The number of hydrogen-bond donors (Lipinski definition) is 0. The minimum absolute atomic E-state index is 0.234. The molecule has 1 aliphatic heterocycles. The quantitative estimate of drug-likeness (QED) is 0.786. The van der Waals surface area contributed by atoms with Gasteiger partial charge in [-0.15, -0.1) is 0 Å². The van der Waals surface area contributed by atoms with E-state index < -0.39 is 0 Å². The van der Waals surface area contributed by atoms with Crippen molar-refractivity contribution in [3.63, 3.8) is 0 Å². The summed E-state index contributed by atoms with van der Waals surface area (Å²) >= 11 is 1.98. The van der Waals surface area contributed by atoms with Crippen molar-refractivity contribution in [1.29, 1.82) is 0 Å². The van der Waals surface area contributed by atoms with Gasteiger partial charge in [-0.2, -0.15) is 11.8 Å². The minimum Gasteiger partial charge on any atom is -0.497 e. The topological polar surface area (TPSA) is 18.5 Å². The lowest BCUT2D eigenvalue weighted by molar-refractivity contribution is 0.385. The molecule has 1 unspecified atom stereocenters. The molecule has 2 rings (SSSR count). The Morgan fingerprint density at radius 3 is 2.47 bits per heavy atom. The highest BCUT2D eigenvalue weighted by molar-refractivity contribution is 8.01. The fourth-order valence-corrected chi connectivity index (χ4v) is 3.00. The fourth-order valence-electron chi connectivity index (χ4n) is 1.86. The summed E-state index contributed by atoms with van der Waals surface area (Å²) in [5, 5.41) is 0. The van der Waals surface area contributed by atoms with Gasteiger partial charge in [-0.1, -0.05) is 6.07 Å². The largest absolute Gasteiger partial charge is 0.497 e. The number of thioether (sulfide) groups is 1. The second kappa shape index (κ2) is 3.97. The Balaban J connectivity index is 2.38. The van der Waals surface area contributed by atoms with Crippen LogP contribution in [-0.4, -0.2) is 20.0 Å². The molecule has 0 aliphatic carbocycles. The van der Waals surface area contributed by atoms with Crippen LogP contribution in [0.3, 0.4) is 0 Å². The van der Waals surface area contributed by atoms with Crippen LogP contribution >= 0.6 is 11.8 Å². The smallest absolute Gasteiger partial charge is 0.127 e. The molecule has 0 N–H and O–H groups in total. The highest BCUT2D eigenvalue weighted by atomic mass is 32.2. The van der Waals surface area contributed by atoms with Gasteiger partial charge in [-0.3, -0.25) is 0 Å². The van der Waals surface area contributed by atoms with E-state index in [0.29, 0.717) is 0 Å². The van der Waals surface area contributed by atoms with Crippen LogP contribution in [0.15, 0.2) is 18.2 Å². The molecular formula is C12H16O2S. The zero-order valence-corrected chi connectivity index (χ0v) is 10.2. The summed E-state index contributed by atoms with van der Waals surface area (Å²) in [5.41, 5.74) is 1.28. The van der Waals surface area contributed by atoms with E-state index >= 15 is 0 Å². The second-order valence-electron chi connectivity index (χ2n) is 3.90. The molecule has 0 aromatic heterocycles. The van der Waals surface area contributed by atoms with Crippen LogP contribution in [0.25, 0.3) is 0 Å². The molecule has 15 heavy (non-hydrogen) atoms. The molecule has 0 radical (unpaired) electrons. The van der Waals surface area contributed by atoms with Gasteiger partial charge in [0.2, 0.25) is 0 Å². The van der Waals surface area contributed by atoms with Crippen molar-refractivity contribution in [1.82, 2.24) is 0 Å². The zero-order chi connectivity index (χ0) is 10.9. The van der Waals surface area contributed by atoms with Crippen molar-refractivity contribution < 1.29 is 9.47 Å². The first-order valence-corrected chi connectivity index (χ1v) is 6.04. The van der Waals surface area contributed by atoms with Crippen LogP contribution in [0.5, 0.6) is 11.5 Å². The SMILES string of the molecule is COc1ccc(C2(C)CCS2)c(OC)c1. The molecular weight excluding hydrogens is 208 g/mol. The molecule has 82 valence electrons. The van der Waals surface area contributed by atoms with E-state index in [1.807, 2.05) is 23.9 Å². The predicted octanol–water partition coefficient (Wildman–Crippen LogP) is 3.06. The van der Waals surface area contributed by atoms with Gasteiger partial charge >= 0.3 is 0 Å². The average Bonchev–Trinajstić information content (AvgIpc) is 2.25. The average molecular weight is 224 g/mol. The summed E-state index contributed by atoms with van der Waals surface area (Å²) in [6.45, 7) is 2.27. The summed E-state index contributed by atoms with van der Waals surface area (Å²) in [6.07, 6.45) is 1.22. The maximum Gasteiger partial charge on any atom is 0.127 e.